The highest BCUT2D eigenvalue weighted by molar-refractivity contribution is 5.88. The standard InChI is InChI=1S/C17H23N5O3/c1-12(2)19-17(23)20-16-9-8-15(21-22-16)18-10-11-25-14-6-4-13(24-3)5-7-14/h4-9,12H,10-11H2,1-3H3,(H,18,21)(H2,19,20,22,23). The van der Waals surface area contributed by atoms with Crippen molar-refractivity contribution < 1.29 is 14.3 Å². The molecule has 0 aliphatic carbocycles. The Kier molecular flexibility index (Phi) is 6.82. The lowest BCUT2D eigenvalue weighted by Gasteiger charge is -2.10. The van der Waals surface area contributed by atoms with Crippen LogP contribution in [0.5, 0.6) is 11.5 Å². The van der Waals surface area contributed by atoms with Gasteiger partial charge in [-0.15, -0.1) is 10.2 Å². The van der Waals surface area contributed by atoms with Crippen LogP contribution in [0.2, 0.25) is 0 Å². The lowest BCUT2D eigenvalue weighted by Crippen LogP contribution is -2.34. The van der Waals surface area contributed by atoms with Crippen molar-refractivity contribution in [1.29, 1.82) is 0 Å². The quantitative estimate of drug-likeness (QED) is 0.636. The molecule has 0 unspecified atom stereocenters. The van der Waals surface area contributed by atoms with Crippen LogP contribution in [0.4, 0.5) is 16.4 Å². The van der Waals surface area contributed by atoms with Gasteiger partial charge in [0.2, 0.25) is 0 Å². The number of methoxy groups -OCH3 is 1. The molecule has 2 amide bonds. The van der Waals surface area contributed by atoms with Gasteiger partial charge in [-0.05, 0) is 50.2 Å². The first-order chi connectivity index (χ1) is 12.1. The molecule has 134 valence electrons. The lowest BCUT2D eigenvalue weighted by molar-refractivity contribution is 0.250. The molecule has 1 aromatic carbocycles. The molecule has 25 heavy (non-hydrogen) atoms. The van der Waals surface area contributed by atoms with E-state index in [4.69, 9.17) is 9.47 Å². The number of carbonyl (C=O) groups is 1. The Morgan fingerprint density at radius 1 is 1.04 bits per heavy atom. The molecule has 0 atom stereocenters. The number of benzene rings is 1. The maximum absolute atomic E-state index is 11.6. The summed E-state index contributed by atoms with van der Waals surface area (Å²) in [5.41, 5.74) is 0. The molecule has 2 aromatic rings. The number of nitrogens with one attached hydrogen (secondary N) is 3. The third-order valence-electron chi connectivity index (χ3n) is 3.06. The highest BCUT2D eigenvalue weighted by atomic mass is 16.5. The molecule has 1 heterocycles. The van der Waals surface area contributed by atoms with Gasteiger partial charge in [0.25, 0.3) is 0 Å². The third kappa shape index (κ3) is 6.54. The second-order valence-electron chi connectivity index (χ2n) is 5.51. The second-order valence-corrected chi connectivity index (χ2v) is 5.51. The van der Waals surface area contributed by atoms with Crippen LogP contribution in [-0.2, 0) is 0 Å². The molecular weight excluding hydrogens is 322 g/mol. The summed E-state index contributed by atoms with van der Waals surface area (Å²) in [6, 6.07) is 10.6. The fourth-order valence-electron chi connectivity index (χ4n) is 1.93. The van der Waals surface area contributed by atoms with E-state index >= 15 is 0 Å². The summed E-state index contributed by atoms with van der Waals surface area (Å²) in [7, 11) is 1.62. The molecule has 0 spiro atoms. The topological polar surface area (TPSA) is 97.4 Å². The van der Waals surface area contributed by atoms with Crippen molar-refractivity contribution in [2.24, 2.45) is 0 Å². The van der Waals surface area contributed by atoms with Crippen molar-refractivity contribution in [3.8, 4) is 11.5 Å². The van der Waals surface area contributed by atoms with Crippen LogP contribution in [0.25, 0.3) is 0 Å². The molecular formula is C17H23N5O3. The van der Waals surface area contributed by atoms with E-state index in [1.165, 1.54) is 0 Å². The molecule has 1 aromatic heterocycles. The van der Waals surface area contributed by atoms with Crippen molar-refractivity contribution in [1.82, 2.24) is 15.5 Å². The summed E-state index contributed by atoms with van der Waals surface area (Å²) in [6.07, 6.45) is 0. The minimum absolute atomic E-state index is 0.0552. The van der Waals surface area contributed by atoms with Gasteiger partial charge in [-0.2, -0.15) is 0 Å². The van der Waals surface area contributed by atoms with Crippen LogP contribution in [0.1, 0.15) is 13.8 Å². The van der Waals surface area contributed by atoms with Crippen LogP contribution in [0, 0.1) is 0 Å². The van der Waals surface area contributed by atoms with Crippen LogP contribution in [-0.4, -0.2) is 42.5 Å². The number of rotatable bonds is 8. The molecule has 0 saturated carbocycles. The highest BCUT2D eigenvalue weighted by Gasteiger charge is 2.04. The summed E-state index contributed by atoms with van der Waals surface area (Å²) in [4.78, 5) is 11.6. The fourth-order valence-corrected chi connectivity index (χ4v) is 1.93. The summed E-state index contributed by atoms with van der Waals surface area (Å²) in [6.45, 7) is 4.81. The third-order valence-corrected chi connectivity index (χ3v) is 3.06. The molecule has 0 aliphatic rings. The molecule has 8 heteroatoms. The van der Waals surface area contributed by atoms with Gasteiger partial charge in [0.1, 0.15) is 23.9 Å². The number of anilines is 2. The van der Waals surface area contributed by atoms with E-state index in [0.717, 1.165) is 11.5 Å². The van der Waals surface area contributed by atoms with Gasteiger partial charge in [0, 0.05) is 6.04 Å². The van der Waals surface area contributed by atoms with Gasteiger partial charge in [-0.3, -0.25) is 5.32 Å². The Bertz CT molecular complexity index is 659. The van der Waals surface area contributed by atoms with E-state index in [2.05, 4.69) is 26.1 Å². The maximum Gasteiger partial charge on any atom is 0.320 e. The van der Waals surface area contributed by atoms with Gasteiger partial charge >= 0.3 is 6.03 Å². The normalized spacial score (nSPS) is 10.2. The van der Waals surface area contributed by atoms with E-state index in [0.29, 0.717) is 24.8 Å². The maximum atomic E-state index is 11.6. The van der Waals surface area contributed by atoms with E-state index < -0.39 is 0 Å². The summed E-state index contributed by atoms with van der Waals surface area (Å²) in [5.74, 6) is 2.55. The predicted octanol–water partition coefficient (Wildman–Crippen LogP) is 2.51. The molecule has 0 aliphatic heterocycles. The van der Waals surface area contributed by atoms with Crippen molar-refractivity contribution in [3.05, 3.63) is 36.4 Å². The number of hydrogen-bond donors (Lipinski definition) is 3. The zero-order valence-corrected chi connectivity index (χ0v) is 14.6. The molecule has 0 saturated heterocycles. The monoisotopic (exact) mass is 345 g/mol. The van der Waals surface area contributed by atoms with Crippen LogP contribution in [0.3, 0.4) is 0 Å². The first-order valence-electron chi connectivity index (χ1n) is 7.99. The SMILES string of the molecule is COc1ccc(OCCNc2ccc(NC(=O)NC(C)C)nn2)cc1. The lowest BCUT2D eigenvalue weighted by atomic mass is 10.3. The minimum atomic E-state index is -0.307. The van der Waals surface area contributed by atoms with Crippen molar-refractivity contribution in [2.45, 2.75) is 19.9 Å². The Morgan fingerprint density at radius 3 is 2.28 bits per heavy atom. The number of urea groups is 1. The van der Waals surface area contributed by atoms with Crippen molar-refractivity contribution >= 4 is 17.7 Å². The van der Waals surface area contributed by atoms with E-state index in [-0.39, 0.29) is 12.1 Å². The molecule has 2 rings (SSSR count). The zero-order chi connectivity index (χ0) is 18.1. The Labute approximate surface area is 146 Å². The number of carbonyl (C=O) groups excluding carboxylic acids is 1. The highest BCUT2D eigenvalue weighted by Crippen LogP contribution is 2.16. The van der Waals surface area contributed by atoms with E-state index in [9.17, 15) is 4.79 Å². The smallest absolute Gasteiger partial charge is 0.320 e. The minimum Gasteiger partial charge on any atom is -0.497 e. The van der Waals surface area contributed by atoms with Crippen LogP contribution >= 0.6 is 0 Å². The van der Waals surface area contributed by atoms with Gasteiger partial charge in [-0.25, -0.2) is 4.79 Å². The number of ether oxygens (including phenoxy) is 2. The Morgan fingerprint density at radius 2 is 1.68 bits per heavy atom. The van der Waals surface area contributed by atoms with Gasteiger partial charge in [0.05, 0.1) is 13.7 Å². The number of nitrogens with zero attached hydrogens (tertiary/aromatic N) is 2. The summed E-state index contributed by atoms with van der Waals surface area (Å²) < 4.78 is 10.7. The van der Waals surface area contributed by atoms with E-state index in [1.54, 1.807) is 19.2 Å². The Balaban J connectivity index is 1.71. The molecule has 0 radical (unpaired) electrons. The van der Waals surface area contributed by atoms with Gasteiger partial charge in [-0.1, -0.05) is 0 Å². The summed E-state index contributed by atoms with van der Waals surface area (Å²) >= 11 is 0. The molecule has 0 fully saturated rings. The first kappa shape index (κ1) is 18.3. The average Bonchev–Trinajstić information content (AvgIpc) is 2.60. The van der Waals surface area contributed by atoms with Crippen molar-refractivity contribution in [2.75, 3.05) is 30.9 Å². The fraction of sp³-hybridized carbons (Fsp3) is 0.353. The molecule has 8 nitrogen and oxygen atoms in total. The zero-order valence-electron chi connectivity index (χ0n) is 14.6. The predicted molar refractivity (Wildman–Crippen MR) is 96.3 cm³/mol. The number of aromatic nitrogens is 2. The number of hydrogen-bond acceptors (Lipinski definition) is 6. The van der Waals surface area contributed by atoms with Crippen LogP contribution < -0.4 is 25.4 Å². The van der Waals surface area contributed by atoms with Gasteiger partial charge < -0.3 is 20.1 Å². The molecule has 0 bridgehead atoms. The number of amides is 2. The largest absolute Gasteiger partial charge is 0.497 e. The second kappa shape index (κ2) is 9.31. The summed E-state index contributed by atoms with van der Waals surface area (Å²) in [5, 5.41) is 16.4. The Hall–Kier alpha value is -3.03. The average molecular weight is 345 g/mol. The van der Waals surface area contributed by atoms with Crippen molar-refractivity contribution in [3.63, 3.8) is 0 Å². The molecule has 3 N–H and O–H groups in total. The van der Waals surface area contributed by atoms with E-state index in [1.807, 2.05) is 38.1 Å². The first-order valence-corrected chi connectivity index (χ1v) is 7.99. The van der Waals surface area contributed by atoms with Gasteiger partial charge in [0.15, 0.2) is 5.82 Å². The van der Waals surface area contributed by atoms with Crippen LogP contribution in [0.15, 0.2) is 36.4 Å².